The van der Waals surface area contributed by atoms with E-state index in [4.69, 9.17) is 9.47 Å². The summed E-state index contributed by atoms with van der Waals surface area (Å²) in [5.74, 6) is 1.71. The van der Waals surface area contributed by atoms with Crippen molar-refractivity contribution in [3.63, 3.8) is 0 Å². The standard InChI is InChI=1S/C19H23IN2O3/c1-24-17-6-4-3-5-16(17)22-9-7-21(8-10-22)13-14-11-15(20)19(23)18(12-14)25-2/h3-6,11-12,23H,7-10,13H2,1-2H3/p+1. The second-order valence-electron chi connectivity index (χ2n) is 6.21. The third kappa shape index (κ3) is 4.12. The molecule has 0 radical (unpaired) electrons. The molecule has 1 heterocycles. The van der Waals surface area contributed by atoms with E-state index in [2.05, 4.69) is 39.6 Å². The topological polar surface area (TPSA) is 46.4 Å². The van der Waals surface area contributed by atoms with Crippen LogP contribution in [0.25, 0.3) is 0 Å². The van der Waals surface area contributed by atoms with E-state index in [0.717, 1.165) is 42.0 Å². The number of benzene rings is 2. The van der Waals surface area contributed by atoms with E-state index in [1.54, 1.807) is 14.2 Å². The lowest BCUT2D eigenvalue weighted by Crippen LogP contribution is -3.13. The van der Waals surface area contributed by atoms with Gasteiger partial charge in [0.25, 0.3) is 0 Å². The second-order valence-corrected chi connectivity index (χ2v) is 7.38. The minimum atomic E-state index is 0.225. The molecule has 0 aliphatic carbocycles. The van der Waals surface area contributed by atoms with E-state index < -0.39 is 0 Å². The highest BCUT2D eigenvalue weighted by Crippen LogP contribution is 2.32. The summed E-state index contributed by atoms with van der Waals surface area (Å²) in [7, 11) is 3.31. The number of nitrogens with one attached hydrogen (secondary N) is 1. The highest BCUT2D eigenvalue weighted by atomic mass is 127. The summed E-state index contributed by atoms with van der Waals surface area (Å²) in [6, 6.07) is 12.2. The van der Waals surface area contributed by atoms with E-state index in [1.807, 2.05) is 24.3 Å². The number of quaternary nitrogens is 1. The molecule has 6 heteroatoms. The van der Waals surface area contributed by atoms with Gasteiger partial charge in [-0.3, -0.25) is 0 Å². The van der Waals surface area contributed by atoms with Crippen molar-refractivity contribution in [3.8, 4) is 17.2 Å². The van der Waals surface area contributed by atoms with Gasteiger partial charge in [0.1, 0.15) is 12.3 Å². The number of hydrogen-bond donors (Lipinski definition) is 2. The minimum Gasteiger partial charge on any atom is -0.504 e. The molecule has 134 valence electrons. The number of halogens is 1. The number of hydrogen-bond acceptors (Lipinski definition) is 4. The van der Waals surface area contributed by atoms with E-state index in [9.17, 15) is 5.11 Å². The number of nitrogens with zero attached hydrogens (tertiary/aromatic N) is 1. The summed E-state index contributed by atoms with van der Waals surface area (Å²) < 4.78 is 11.6. The Hall–Kier alpha value is -1.67. The SMILES string of the molecule is COc1ccccc1N1CC[NH+](Cc2cc(I)c(O)c(OC)c2)CC1. The number of rotatable bonds is 5. The smallest absolute Gasteiger partial charge is 0.171 e. The van der Waals surface area contributed by atoms with Crippen LogP contribution in [0.1, 0.15) is 5.56 Å². The van der Waals surface area contributed by atoms with Crippen molar-refractivity contribution in [2.45, 2.75) is 6.54 Å². The molecule has 1 aliphatic rings. The average molecular weight is 455 g/mol. The maximum absolute atomic E-state index is 9.98. The molecule has 2 aromatic carbocycles. The number of piperazine rings is 1. The molecular weight excluding hydrogens is 431 g/mol. The van der Waals surface area contributed by atoms with Crippen LogP contribution in [0.3, 0.4) is 0 Å². The minimum absolute atomic E-state index is 0.225. The summed E-state index contributed by atoms with van der Waals surface area (Å²) in [6.45, 7) is 5.08. The van der Waals surface area contributed by atoms with Gasteiger partial charge in [-0.05, 0) is 46.9 Å². The molecule has 1 aliphatic heterocycles. The molecule has 1 saturated heterocycles. The van der Waals surface area contributed by atoms with Crippen LogP contribution in [0.15, 0.2) is 36.4 Å². The molecule has 2 N–H and O–H groups in total. The van der Waals surface area contributed by atoms with Gasteiger partial charge in [0, 0.05) is 5.56 Å². The molecular formula is C19H24IN2O3+. The molecule has 0 amide bonds. The fourth-order valence-corrected chi connectivity index (χ4v) is 3.97. The van der Waals surface area contributed by atoms with Crippen molar-refractivity contribution in [1.29, 1.82) is 0 Å². The number of methoxy groups -OCH3 is 2. The third-order valence-electron chi connectivity index (χ3n) is 4.66. The van der Waals surface area contributed by atoms with E-state index >= 15 is 0 Å². The zero-order chi connectivity index (χ0) is 17.8. The number of phenolic OH excluding ortho intramolecular Hbond substituents is 1. The first kappa shape index (κ1) is 18.1. The molecule has 25 heavy (non-hydrogen) atoms. The first-order valence-corrected chi connectivity index (χ1v) is 9.47. The average Bonchev–Trinajstić information content (AvgIpc) is 2.65. The Morgan fingerprint density at radius 3 is 2.44 bits per heavy atom. The van der Waals surface area contributed by atoms with Crippen molar-refractivity contribution in [1.82, 2.24) is 0 Å². The lowest BCUT2D eigenvalue weighted by atomic mass is 10.1. The Bertz CT molecular complexity index is 731. The highest BCUT2D eigenvalue weighted by Gasteiger charge is 2.23. The molecule has 3 rings (SSSR count). The quantitative estimate of drug-likeness (QED) is 0.677. The number of ether oxygens (including phenoxy) is 2. The molecule has 0 bridgehead atoms. The molecule has 5 nitrogen and oxygen atoms in total. The van der Waals surface area contributed by atoms with Crippen molar-refractivity contribution in [3.05, 3.63) is 45.5 Å². The lowest BCUT2D eigenvalue weighted by molar-refractivity contribution is -0.914. The largest absolute Gasteiger partial charge is 0.504 e. The molecule has 1 fully saturated rings. The Labute approximate surface area is 162 Å². The Morgan fingerprint density at radius 2 is 1.76 bits per heavy atom. The van der Waals surface area contributed by atoms with E-state index in [-0.39, 0.29) is 5.75 Å². The van der Waals surface area contributed by atoms with Crippen LogP contribution >= 0.6 is 22.6 Å². The zero-order valence-electron chi connectivity index (χ0n) is 14.6. The van der Waals surface area contributed by atoms with Crippen molar-refractivity contribution in [2.24, 2.45) is 0 Å². The number of aromatic hydroxyl groups is 1. The maximum Gasteiger partial charge on any atom is 0.171 e. The predicted octanol–water partition coefficient (Wildman–Crippen LogP) is 1.92. The Morgan fingerprint density at radius 1 is 1.08 bits per heavy atom. The number of para-hydroxylation sites is 2. The maximum atomic E-state index is 9.98. The van der Waals surface area contributed by atoms with Crippen LogP contribution in [0, 0.1) is 3.57 Å². The lowest BCUT2D eigenvalue weighted by Gasteiger charge is -2.34. The molecule has 0 atom stereocenters. The summed E-state index contributed by atoms with van der Waals surface area (Å²) in [6.07, 6.45) is 0. The van der Waals surface area contributed by atoms with Crippen LogP contribution in [-0.2, 0) is 6.54 Å². The molecule has 0 spiro atoms. The van der Waals surface area contributed by atoms with Gasteiger partial charge >= 0.3 is 0 Å². The van der Waals surface area contributed by atoms with Crippen LogP contribution < -0.4 is 19.3 Å². The van der Waals surface area contributed by atoms with Crippen molar-refractivity contribution >= 4 is 28.3 Å². The van der Waals surface area contributed by atoms with E-state index in [1.165, 1.54) is 16.2 Å². The van der Waals surface area contributed by atoms with Gasteiger partial charge in [0.15, 0.2) is 11.5 Å². The summed E-state index contributed by atoms with van der Waals surface area (Å²) in [5.41, 5.74) is 2.37. The second kappa shape index (κ2) is 8.14. The predicted molar refractivity (Wildman–Crippen MR) is 107 cm³/mol. The first-order chi connectivity index (χ1) is 12.1. The van der Waals surface area contributed by atoms with Gasteiger partial charge in [0.05, 0.1) is 49.7 Å². The van der Waals surface area contributed by atoms with Gasteiger partial charge in [0.2, 0.25) is 0 Å². The van der Waals surface area contributed by atoms with E-state index in [0.29, 0.717) is 5.75 Å². The third-order valence-corrected chi connectivity index (χ3v) is 5.48. The van der Waals surface area contributed by atoms with Gasteiger partial charge in [-0.25, -0.2) is 0 Å². The molecule has 0 saturated carbocycles. The van der Waals surface area contributed by atoms with Crippen LogP contribution in [0.2, 0.25) is 0 Å². The Kier molecular flexibility index (Phi) is 5.90. The van der Waals surface area contributed by atoms with Gasteiger partial charge in [-0.15, -0.1) is 0 Å². The van der Waals surface area contributed by atoms with Gasteiger partial charge < -0.3 is 24.4 Å². The van der Waals surface area contributed by atoms with Crippen LogP contribution in [-0.4, -0.2) is 45.5 Å². The van der Waals surface area contributed by atoms with Crippen LogP contribution in [0.5, 0.6) is 17.2 Å². The normalized spacial score (nSPS) is 15.2. The first-order valence-electron chi connectivity index (χ1n) is 8.39. The molecule has 2 aromatic rings. The fraction of sp³-hybridized carbons (Fsp3) is 0.368. The Balaban J connectivity index is 1.64. The zero-order valence-corrected chi connectivity index (χ0v) is 16.7. The fourth-order valence-electron chi connectivity index (χ4n) is 3.31. The summed E-state index contributed by atoms with van der Waals surface area (Å²) in [4.78, 5) is 3.93. The van der Waals surface area contributed by atoms with Gasteiger partial charge in [-0.2, -0.15) is 0 Å². The molecule has 0 unspecified atom stereocenters. The monoisotopic (exact) mass is 455 g/mol. The van der Waals surface area contributed by atoms with Crippen LogP contribution in [0.4, 0.5) is 5.69 Å². The summed E-state index contributed by atoms with van der Waals surface area (Å²) >= 11 is 2.15. The van der Waals surface area contributed by atoms with Gasteiger partial charge in [-0.1, -0.05) is 12.1 Å². The molecule has 0 aromatic heterocycles. The summed E-state index contributed by atoms with van der Waals surface area (Å²) in [5, 5.41) is 9.98. The highest BCUT2D eigenvalue weighted by molar-refractivity contribution is 14.1. The van der Waals surface area contributed by atoms with Crippen molar-refractivity contribution < 1.29 is 19.5 Å². The number of phenols is 1. The number of anilines is 1. The van der Waals surface area contributed by atoms with Crippen molar-refractivity contribution in [2.75, 3.05) is 45.3 Å².